The van der Waals surface area contributed by atoms with Gasteiger partial charge in [-0.25, -0.2) is 0 Å². The van der Waals surface area contributed by atoms with Crippen LogP contribution in [0.5, 0.6) is 0 Å². The molecule has 0 fully saturated rings. The third-order valence-electron chi connectivity index (χ3n) is 8.62. The van der Waals surface area contributed by atoms with Crippen molar-refractivity contribution < 1.29 is 21.2 Å². The topological polar surface area (TPSA) is 25.8 Å². The van der Waals surface area contributed by atoms with Gasteiger partial charge in [0.2, 0.25) is 0 Å². The Morgan fingerprint density at radius 3 is 1.82 bits per heavy atom. The fourth-order valence-corrected chi connectivity index (χ4v) is 9.51. The van der Waals surface area contributed by atoms with E-state index in [1.54, 1.807) is 0 Å². The van der Waals surface area contributed by atoms with E-state index < -0.39 is 0 Å². The number of rotatable bonds is 4. The minimum atomic E-state index is -0.347. The van der Waals surface area contributed by atoms with E-state index in [-0.39, 0.29) is 21.2 Å². The molecule has 0 spiro atoms. The molecule has 45 heavy (non-hydrogen) atoms. The average Bonchev–Trinajstić information content (AvgIpc) is 3.50. The molecule has 3 heteroatoms. The van der Waals surface area contributed by atoms with Crippen molar-refractivity contribution in [2.24, 2.45) is 0 Å². The molecule has 0 atom stereocenters. The first kappa shape index (κ1) is 26.3. The number of halogens is 1. The van der Waals surface area contributed by atoms with Crippen LogP contribution in [0.4, 0.5) is 0 Å². The zero-order chi connectivity index (χ0) is 29.7. The summed E-state index contributed by atoms with van der Waals surface area (Å²) in [5.41, 5.74) is 10.4. The van der Waals surface area contributed by atoms with Crippen molar-refractivity contribution in [3.63, 3.8) is 0 Å². The first-order valence-corrected chi connectivity index (χ1v) is 17.3. The molecule has 0 aliphatic carbocycles. The van der Waals surface area contributed by atoms with Crippen molar-refractivity contribution in [1.82, 2.24) is 9.97 Å². The van der Waals surface area contributed by atoms with Gasteiger partial charge in [-0.15, -0.1) is 0 Å². The SMILES string of the molecule is c1ccc(-c2nc(-c3cccc(-c4cccc(-c5cc6ccccc6c6ccccc56)c4)c3)nc3c2[I-]c2ccccc2-3)cc1. The molecule has 0 saturated heterocycles. The summed E-state index contributed by atoms with van der Waals surface area (Å²) < 4.78 is 2.73. The summed E-state index contributed by atoms with van der Waals surface area (Å²) >= 11 is -0.347. The summed E-state index contributed by atoms with van der Waals surface area (Å²) in [5, 5.41) is 5.09. The molecule has 0 saturated carbocycles. The number of benzene rings is 7. The quantitative estimate of drug-likeness (QED) is 0.141. The van der Waals surface area contributed by atoms with Crippen LogP contribution >= 0.6 is 0 Å². The minimum absolute atomic E-state index is 0.347. The van der Waals surface area contributed by atoms with Crippen molar-refractivity contribution in [3.05, 3.63) is 165 Å². The van der Waals surface area contributed by atoms with E-state index in [9.17, 15) is 0 Å². The van der Waals surface area contributed by atoms with Crippen molar-refractivity contribution in [3.8, 4) is 56.2 Å². The molecule has 0 amide bonds. The second kappa shape index (κ2) is 10.8. The molecule has 1 aliphatic heterocycles. The molecule has 8 aromatic rings. The second-order valence-electron chi connectivity index (χ2n) is 11.4. The molecule has 2 heterocycles. The molecule has 7 aromatic carbocycles. The Bertz CT molecular complexity index is 2410. The first-order chi connectivity index (χ1) is 22.3. The van der Waals surface area contributed by atoms with Crippen LogP contribution in [0, 0.1) is 7.14 Å². The third-order valence-corrected chi connectivity index (χ3v) is 11.7. The van der Waals surface area contributed by atoms with Gasteiger partial charge in [0, 0.05) is 0 Å². The monoisotopic (exact) mass is 685 g/mol. The summed E-state index contributed by atoms with van der Waals surface area (Å²) in [4.78, 5) is 10.5. The van der Waals surface area contributed by atoms with Crippen LogP contribution in [0.15, 0.2) is 158 Å². The van der Waals surface area contributed by atoms with Gasteiger partial charge in [0.15, 0.2) is 0 Å². The van der Waals surface area contributed by atoms with Crippen molar-refractivity contribution in [2.75, 3.05) is 0 Å². The summed E-state index contributed by atoms with van der Waals surface area (Å²) in [6.45, 7) is 0. The number of fused-ring (bicyclic) bond motifs is 6. The summed E-state index contributed by atoms with van der Waals surface area (Å²) in [5.74, 6) is 0.770. The maximum atomic E-state index is 5.25. The first-order valence-electron chi connectivity index (χ1n) is 15.1. The van der Waals surface area contributed by atoms with E-state index in [2.05, 4.69) is 158 Å². The van der Waals surface area contributed by atoms with Gasteiger partial charge in [-0.2, -0.15) is 0 Å². The maximum absolute atomic E-state index is 5.25. The van der Waals surface area contributed by atoms with Gasteiger partial charge in [0.1, 0.15) is 0 Å². The van der Waals surface area contributed by atoms with E-state index in [4.69, 9.17) is 9.97 Å². The summed E-state index contributed by atoms with van der Waals surface area (Å²) in [6.07, 6.45) is 0. The van der Waals surface area contributed by atoms with Gasteiger partial charge in [-0.3, -0.25) is 0 Å². The van der Waals surface area contributed by atoms with Crippen LogP contribution in [0.1, 0.15) is 0 Å². The van der Waals surface area contributed by atoms with Gasteiger partial charge in [0.05, 0.1) is 0 Å². The Labute approximate surface area is 272 Å². The zero-order valence-electron chi connectivity index (χ0n) is 24.3. The predicted octanol–water partition coefficient (Wildman–Crippen LogP) is 7.56. The van der Waals surface area contributed by atoms with Crippen LogP contribution in [0.2, 0.25) is 0 Å². The zero-order valence-corrected chi connectivity index (χ0v) is 26.4. The number of nitrogens with zero attached hydrogens (tertiary/aromatic N) is 2. The molecular weight excluding hydrogens is 659 g/mol. The van der Waals surface area contributed by atoms with Crippen LogP contribution < -0.4 is 21.2 Å². The van der Waals surface area contributed by atoms with Gasteiger partial charge in [-0.1, -0.05) is 48.5 Å². The van der Waals surface area contributed by atoms with E-state index in [0.717, 1.165) is 33.9 Å². The number of hydrogen-bond donors (Lipinski definition) is 0. The molecule has 0 bridgehead atoms. The van der Waals surface area contributed by atoms with Crippen LogP contribution in [0.3, 0.4) is 0 Å². The van der Waals surface area contributed by atoms with Gasteiger partial charge < -0.3 is 0 Å². The molecular formula is C42H26IN2-. The van der Waals surface area contributed by atoms with Crippen LogP contribution in [-0.2, 0) is 0 Å². The summed E-state index contributed by atoms with van der Waals surface area (Å²) in [6, 6.07) is 56.6. The van der Waals surface area contributed by atoms with E-state index in [1.165, 1.54) is 50.9 Å². The van der Waals surface area contributed by atoms with E-state index in [0.29, 0.717) is 0 Å². The molecule has 1 aromatic heterocycles. The van der Waals surface area contributed by atoms with Crippen LogP contribution in [0.25, 0.3) is 77.7 Å². The fourth-order valence-electron chi connectivity index (χ4n) is 6.47. The average molecular weight is 686 g/mol. The van der Waals surface area contributed by atoms with Gasteiger partial charge in [0.25, 0.3) is 0 Å². The molecule has 0 radical (unpaired) electrons. The molecule has 9 rings (SSSR count). The standard InChI is InChI=1S/C42H26IN2/c1-2-12-27(13-3-1)40-39-41(36-22-8-9-23-38(36)43-39)45-42(44-40)32-18-11-16-29(25-32)28-15-10-17-30(24-28)37-26-31-14-4-5-19-33(31)34-20-6-7-21-35(34)37/h1-26H/q-1. The third kappa shape index (κ3) is 4.54. The number of hydrogen-bond acceptors (Lipinski definition) is 2. The Hall–Kier alpha value is -5.13. The molecule has 0 N–H and O–H groups in total. The van der Waals surface area contributed by atoms with Crippen molar-refractivity contribution in [1.29, 1.82) is 0 Å². The Kier molecular flexibility index (Phi) is 6.30. The summed E-state index contributed by atoms with van der Waals surface area (Å²) in [7, 11) is 0. The van der Waals surface area contributed by atoms with E-state index >= 15 is 0 Å². The normalized spacial score (nSPS) is 12.1. The van der Waals surface area contributed by atoms with Crippen molar-refractivity contribution >= 4 is 21.5 Å². The number of aromatic nitrogens is 2. The predicted molar refractivity (Wildman–Crippen MR) is 182 cm³/mol. The molecule has 2 nitrogen and oxygen atoms in total. The molecule has 0 unspecified atom stereocenters. The van der Waals surface area contributed by atoms with E-state index in [1.807, 2.05) is 0 Å². The second-order valence-corrected chi connectivity index (χ2v) is 14.1. The van der Waals surface area contributed by atoms with Crippen molar-refractivity contribution in [2.45, 2.75) is 0 Å². The molecule has 1 aliphatic rings. The van der Waals surface area contributed by atoms with Gasteiger partial charge >= 0.3 is 209 Å². The van der Waals surface area contributed by atoms with Gasteiger partial charge in [-0.05, 0) is 16.2 Å². The fraction of sp³-hybridized carbons (Fsp3) is 0. The Balaban J connectivity index is 1.17. The molecule has 212 valence electrons. The Morgan fingerprint density at radius 2 is 0.978 bits per heavy atom. The Morgan fingerprint density at radius 1 is 0.378 bits per heavy atom. The van der Waals surface area contributed by atoms with Crippen LogP contribution in [-0.4, -0.2) is 9.97 Å².